The van der Waals surface area contributed by atoms with Gasteiger partial charge in [0.05, 0.1) is 0 Å². The molecular weight excluding hydrogens is 313 g/mol. The van der Waals surface area contributed by atoms with Crippen molar-refractivity contribution in [3.63, 3.8) is 0 Å². The van der Waals surface area contributed by atoms with Crippen molar-refractivity contribution in [2.24, 2.45) is 15.4 Å². The first kappa shape index (κ1) is 15.9. The van der Waals surface area contributed by atoms with Crippen LogP contribution in [-0.2, 0) is 0 Å². The minimum absolute atomic E-state index is 0.139. The lowest BCUT2D eigenvalue weighted by Gasteiger charge is -2.34. The molecule has 0 N–H and O–H groups in total. The monoisotopic (exact) mass is 333 g/mol. The van der Waals surface area contributed by atoms with Gasteiger partial charge in [0.2, 0.25) is 0 Å². The van der Waals surface area contributed by atoms with Crippen LogP contribution in [0.4, 0.5) is 4.39 Å². The van der Waals surface area contributed by atoms with E-state index in [9.17, 15) is 4.39 Å². The first-order chi connectivity index (χ1) is 12.0. The van der Waals surface area contributed by atoms with Crippen LogP contribution in [-0.4, -0.2) is 16.5 Å². The van der Waals surface area contributed by atoms with Gasteiger partial charge in [0.1, 0.15) is 11.9 Å². The van der Waals surface area contributed by atoms with Crippen LogP contribution in [0.2, 0.25) is 0 Å². The van der Waals surface area contributed by atoms with Crippen molar-refractivity contribution in [2.45, 2.75) is 32.7 Å². The van der Waals surface area contributed by atoms with Gasteiger partial charge in [-0.3, -0.25) is 9.98 Å². The van der Waals surface area contributed by atoms with Crippen LogP contribution in [0.15, 0.2) is 70.4 Å². The minimum Gasteiger partial charge on any atom is -0.264 e. The van der Waals surface area contributed by atoms with E-state index in [4.69, 9.17) is 9.98 Å². The molecule has 1 aromatic heterocycles. The van der Waals surface area contributed by atoms with E-state index in [-0.39, 0.29) is 17.3 Å². The molecule has 3 nitrogen and oxygen atoms in total. The molecule has 2 heterocycles. The smallest absolute Gasteiger partial charge is 0.157 e. The Morgan fingerprint density at radius 2 is 1.92 bits per heavy atom. The van der Waals surface area contributed by atoms with Crippen molar-refractivity contribution in [1.29, 1.82) is 0 Å². The van der Waals surface area contributed by atoms with Crippen LogP contribution in [0, 0.1) is 11.2 Å². The Hall–Kier alpha value is -2.62. The van der Waals surface area contributed by atoms with Crippen molar-refractivity contribution >= 4 is 11.5 Å². The molecule has 25 heavy (non-hydrogen) atoms. The lowest BCUT2D eigenvalue weighted by atomic mass is 9.74. The number of amidine groups is 1. The summed E-state index contributed by atoms with van der Waals surface area (Å²) in [4.78, 5) is 13.9. The first-order valence-corrected chi connectivity index (χ1v) is 8.53. The van der Waals surface area contributed by atoms with E-state index >= 15 is 0 Å². The zero-order chi connectivity index (χ0) is 17.4. The van der Waals surface area contributed by atoms with Gasteiger partial charge in [0.25, 0.3) is 0 Å². The fourth-order valence-electron chi connectivity index (χ4n) is 3.39. The van der Waals surface area contributed by atoms with Gasteiger partial charge in [-0.05, 0) is 53.7 Å². The Morgan fingerprint density at radius 1 is 1.12 bits per heavy atom. The summed E-state index contributed by atoms with van der Waals surface area (Å²) in [5.74, 6) is 0.468. The molecule has 1 aliphatic carbocycles. The highest BCUT2D eigenvalue weighted by Gasteiger charge is 2.33. The highest BCUT2D eigenvalue weighted by molar-refractivity contribution is 6.15. The number of aliphatic imine (C=N–C) groups is 2. The third kappa shape index (κ3) is 3.16. The summed E-state index contributed by atoms with van der Waals surface area (Å²) in [6, 6.07) is 10.3. The SMILES string of the molecule is CC1(C)CC=C2C(=NC(c3cccnc3)=NC2c2ccc(F)cc2)C1. The lowest BCUT2D eigenvalue weighted by molar-refractivity contribution is 0.379. The third-order valence-electron chi connectivity index (χ3n) is 4.75. The molecule has 0 fully saturated rings. The lowest BCUT2D eigenvalue weighted by Crippen LogP contribution is -2.28. The fourth-order valence-corrected chi connectivity index (χ4v) is 3.39. The van der Waals surface area contributed by atoms with Gasteiger partial charge in [-0.1, -0.05) is 32.1 Å². The second kappa shape index (κ2) is 6.03. The molecule has 2 aliphatic rings. The quantitative estimate of drug-likeness (QED) is 0.769. The van der Waals surface area contributed by atoms with Gasteiger partial charge >= 0.3 is 0 Å². The molecule has 0 spiro atoms. The second-order valence-electron chi connectivity index (χ2n) is 7.41. The van der Waals surface area contributed by atoms with Gasteiger partial charge in [-0.25, -0.2) is 9.38 Å². The summed E-state index contributed by atoms with van der Waals surface area (Å²) >= 11 is 0. The largest absolute Gasteiger partial charge is 0.264 e. The predicted molar refractivity (Wildman–Crippen MR) is 98.4 cm³/mol. The molecule has 0 radical (unpaired) electrons. The number of hydrogen-bond donors (Lipinski definition) is 0. The van der Waals surface area contributed by atoms with Gasteiger partial charge in [0.15, 0.2) is 5.84 Å². The maximum absolute atomic E-state index is 13.3. The van der Waals surface area contributed by atoms with Crippen molar-refractivity contribution in [3.8, 4) is 0 Å². The van der Waals surface area contributed by atoms with E-state index in [1.807, 2.05) is 24.3 Å². The number of fused-ring (bicyclic) bond motifs is 1. The van der Waals surface area contributed by atoms with Crippen LogP contribution >= 0.6 is 0 Å². The number of rotatable bonds is 2. The Bertz CT molecular complexity index is 877. The fraction of sp³-hybridized carbons (Fsp3) is 0.286. The molecule has 2 aromatic rings. The van der Waals surface area contributed by atoms with E-state index in [0.717, 1.165) is 35.3 Å². The normalized spacial score (nSPS) is 21.7. The molecule has 4 heteroatoms. The molecule has 1 aliphatic heterocycles. The average Bonchev–Trinajstić information content (AvgIpc) is 2.61. The number of halogens is 1. The average molecular weight is 333 g/mol. The van der Waals surface area contributed by atoms with Crippen LogP contribution in [0.25, 0.3) is 0 Å². The van der Waals surface area contributed by atoms with E-state index < -0.39 is 0 Å². The summed E-state index contributed by atoms with van der Waals surface area (Å²) < 4.78 is 13.3. The molecular formula is C21H20FN3. The van der Waals surface area contributed by atoms with E-state index in [1.54, 1.807) is 12.4 Å². The maximum atomic E-state index is 13.3. The Morgan fingerprint density at radius 3 is 2.64 bits per heavy atom. The van der Waals surface area contributed by atoms with Gasteiger partial charge < -0.3 is 0 Å². The van der Waals surface area contributed by atoms with E-state index in [0.29, 0.717) is 5.84 Å². The summed E-state index contributed by atoms with van der Waals surface area (Å²) in [6.45, 7) is 4.51. The number of allylic oxidation sites excluding steroid dienone is 1. The van der Waals surface area contributed by atoms with Gasteiger partial charge in [-0.2, -0.15) is 0 Å². The predicted octanol–water partition coefficient (Wildman–Crippen LogP) is 4.91. The molecule has 0 saturated heterocycles. The molecule has 1 aromatic carbocycles. The Kier molecular flexibility index (Phi) is 3.83. The maximum Gasteiger partial charge on any atom is 0.157 e. The molecule has 4 rings (SSSR count). The summed E-state index contributed by atoms with van der Waals surface area (Å²) in [5, 5.41) is 0. The minimum atomic E-state index is -0.233. The van der Waals surface area contributed by atoms with Crippen molar-refractivity contribution in [3.05, 3.63) is 77.4 Å². The highest BCUT2D eigenvalue weighted by Crippen LogP contribution is 2.41. The summed E-state index contributed by atoms with van der Waals surface area (Å²) in [5.41, 5.74) is 4.32. The Balaban J connectivity index is 1.83. The Labute approximate surface area is 147 Å². The summed E-state index contributed by atoms with van der Waals surface area (Å²) in [7, 11) is 0. The number of benzene rings is 1. The number of hydrogen-bond acceptors (Lipinski definition) is 3. The molecule has 1 unspecified atom stereocenters. The molecule has 126 valence electrons. The molecule has 0 saturated carbocycles. The van der Waals surface area contributed by atoms with Crippen LogP contribution in [0.5, 0.6) is 0 Å². The highest BCUT2D eigenvalue weighted by atomic mass is 19.1. The zero-order valence-electron chi connectivity index (χ0n) is 14.4. The standard InChI is InChI=1S/C21H20FN3/c1-21(2)10-9-17-18(12-21)24-20(15-4-3-11-23-13-15)25-19(17)14-5-7-16(22)8-6-14/h3-9,11,13,19H,10,12H2,1-2H3. The van der Waals surface area contributed by atoms with Gasteiger partial charge in [-0.15, -0.1) is 0 Å². The topological polar surface area (TPSA) is 37.6 Å². The van der Waals surface area contributed by atoms with Crippen molar-refractivity contribution in [1.82, 2.24) is 4.98 Å². The molecule has 0 amide bonds. The van der Waals surface area contributed by atoms with Crippen LogP contribution < -0.4 is 0 Å². The van der Waals surface area contributed by atoms with E-state index in [1.165, 1.54) is 12.1 Å². The number of pyridine rings is 1. The van der Waals surface area contributed by atoms with Crippen molar-refractivity contribution < 1.29 is 4.39 Å². The van der Waals surface area contributed by atoms with Crippen LogP contribution in [0.3, 0.4) is 0 Å². The van der Waals surface area contributed by atoms with Crippen molar-refractivity contribution in [2.75, 3.05) is 0 Å². The van der Waals surface area contributed by atoms with E-state index in [2.05, 4.69) is 24.9 Å². The van der Waals surface area contributed by atoms with Gasteiger partial charge in [0, 0.05) is 23.7 Å². The van der Waals surface area contributed by atoms with Crippen LogP contribution in [0.1, 0.15) is 43.9 Å². The number of aromatic nitrogens is 1. The first-order valence-electron chi connectivity index (χ1n) is 8.53. The number of nitrogens with zero attached hydrogens (tertiary/aromatic N) is 3. The zero-order valence-corrected chi connectivity index (χ0v) is 14.4. The summed E-state index contributed by atoms with van der Waals surface area (Å²) in [6.07, 6.45) is 7.69. The molecule has 0 bridgehead atoms. The molecule has 1 atom stereocenters. The third-order valence-corrected chi connectivity index (χ3v) is 4.75. The second-order valence-corrected chi connectivity index (χ2v) is 7.41.